The van der Waals surface area contributed by atoms with Crippen LogP contribution >= 0.6 is 0 Å². The maximum absolute atomic E-state index is 12.7. The first-order chi connectivity index (χ1) is 13.4. The van der Waals surface area contributed by atoms with Crippen LogP contribution in [0.2, 0.25) is 0 Å². The Morgan fingerprint density at radius 1 is 1.14 bits per heavy atom. The number of amides is 2. The number of piperidine rings is 1. The minimum absolute atomic E-state index is 0.106. The number of halogens is 3. The average molecular weight is 415 g/mol. The van der Waals surface area contributed by atoms with Gasteiger partial charge in [-0.05, 0) is 57.9 Å². The van der Waals surface area contributed by atoms with E-state index in [1.54, 1.807) is 30.6 Å². The summed E-state index contributed by atoms with van der Waals surface area (Å²) >= 11 is 0. The van der Waals surface area contributed by atoms with Crippen LogP contribution in [0.5, 0.6) is 0 Å². The molecular formula is C20H28F3N3O3. The first-order valence-electron chi connectivity index (χ1n) is 9.58. The fourth-order valence-electron chi connectivity index (χ4n) is 3.25. The third-order valence-corrected chi connectivity index (χ3v) is 4.65. The van der Waals surface area contributed by atoms with E-state index in [0.29, 0.717) is 39.0 Å². The molecule has 0 unspecified atom stereocenters. The zero-order chi connectivity index (χ0) is 21.8. The van der Waals surface area contributed by atoms with Gasteiger partial charge in [0.05, 0.1) is 5.56 Å². The minimum Gasteiger partial charge on any atom is -0.444 e. The van der Waals surface area contributed by atoms with Crippen LogP contribution in [0.25, 0.3) is 0 Å². The Hall–Kier alpha value is -2.29. The first kappa shape index (κ1) is 23.0. The van der Waals surface area contributed by atoms with Gasteiger partial charge in [-0.2, -0.15) is 13.2 Å². The molecule has 0 saturated carbocycles. The lowest BCUT2D eigenvalue weighted by atomic mass is 10.0. The van der Waals surface area contributed by atoms with Gasteiger partial charge in [-0.25, -0.2) is 4.79 Å². The molecule has 0 atom stereocenters. The predicted molar refractivity (Wildman–Crippen MR) is 102 cm³/mol. The number of likely N-dealkylation sites (tertiary alicyclic amines) is 1. The highest BCUT2D eigenvalue weighted by Crippen LogP contribution is 2.29. The van der Waals surface area contributed by atoms with Gasteiger partial charge in [-0.3, -0.25) is 4.79 Å². The van der Waals surface area contributed by atoms with E-state index in [2.05, 4.69) is 0 Å². The number of alkyl halides is 3. The molecule has 2 N–H and O–H groups in total. The van der Waals surface area contributed by atoms with E-state index < -0.39 is 23.4 Å². The van der Waals surface area contributed by atoms with Crippen LogP contribution in [0.4, 0.5) is 18.0 Å². The van der Waals surface area contributed by atoms with E-state index in [-0.39, 0.29) is 17.5 Å². The van der Waals surface area contributed by atoms with Crippen molar-refractivity contribution < 1.29 is 27.5 Å². The lowest BCUT2D eigenvalue weighted by molar-refractivity contribution is -0.137. The summed E-state index contributed by atoms with van der Waals surface area (Å²) in [7, 11) is 0. The van der Waals surface area contributed by atoms with E-state index in [1.165, 1.54) is 12.1 Å². The molecule has 1 aliphatic heterocycles. The molecule has 1 heterocycles. The van der Waals surface area contributed by atoms with Gasteiger partial charge < -0.3 is 20.3 Å². The Kier molecular flexibility index (Phi) is 7.15. The third-order valence-electron chi connectivity index (χ3n) is 4.65. The highest BCUT2D eigenvalue weighted by molar-refractivity contribution is 5.94. The number of rotatable bonds is 4. The van der Waals surface area contributed by atoms with Crippen molar-refractivity contribution in [1.82, 2.24) is 9.80 Å². The average Bonchev–Trinajstić information content (AvgIpc) is 2.63. The zero-order valence-corrected chi connectivity index (χ0v) is 17.0. The van der Waals surface area contributed by atoms with E-state index in [4.69, 9.17) is 10.5 Å². The summed E-state index contributed by atoms with van der Waals surface area (Å²) in [5.74, 6) is -0.320. The summed E-state index contributed by atoms with van der Waals surface area (Å²) in [4.78, 5) is 28.3. The number of carbonyl (C=O) groups is 2. The second-order valence-electron chi connectivity index (χ2n) is 8.06. The van der Waals surface area contributed by atoms with Gasteiger partial charge in [0.15, 0.2) is 0 Å². The molecule has 2 rings (SSSR count). The molecule has 2 amide bonds. The number of benzene rings is 1. The molecule has 1 saturated heterocycles. The zero-order valence-electron chi connectivity index (χ0n) is 17.0. The van der Waals surface area contributed by atoms with Gasteiger partial charge in [-0.1, -0.05) is 0 Å². The van der Waals surface area contributed by atoms with Gasteiger partial charge >= 0.3 is 12.3 Å². The maximum atomic E-state index is 12.7. The van der Waals surface area contributed by atoms with Crippen LogP contribution in [0.15, 0.2) is 24.3 Å². The number of nitrogens with two attached hydrogens (primary N) is 1. The van der Waals surface area contributed by atoms with E-state index in [0.717, 1.165) is 12.1 Å². The molecule has 0 aromatic heterocycles. The SMILES string of the molecule is CC(C)(C)OC(=O)N(CCN)C1CCN(C(=O)c2ccc(C(F)(F)F)cc2)CC1. The Labute approximate surface area is 168 Å². The van der Waals surface area contributed by atoms with Crippen LogP contribution in [-0.2, 0) is 10.9 Å². The Bertz CT molecular complexity index is 706. The molecule has 6 nitrogen and oxygen atoms in total. The predicted octanol–water partition coefficient (Wildman–Crippen LogP) is 3.51. The van der Waals surface area contributed by atoms with E-state index in [9.17, 15) is 22.8 Å². The summed E-state index contributed by atoms with van der Waals surface area (Å²) in [6.07, 6.45) is -3.78. The summed E-state index contributed by atoms with van der Waals surface area (Å²) in [5, 5.41) is 0. The molecule has 0 bridgehead atoms. The standard InChI is InChI=1S/C20H28F3N3O3/c1-19(2,3)29-18(28)26(13-10-24)16-8-11-25(12-9-16)17(27)14-4-6-15(7-5-14)20(21,22)23/h4-7,16H,8-13,24H2,1-3H3. The van der Waals surface area contributed by atoms with Gasteiger partial charge in [0.25, 0.3) is 5.91 Å². The van der Waals surface area contributed by atoms with Crippen LogP contribution in [-0.4, -0.2) is 59.6 Å². The van der Waals surface area contributed by atoms with Crippen LogP contribution in [0, 0.1) is 0 Å². The smallest absolute Gasteiger partial charge is 0.416 e. The largest absolute Gasteiger partial charge is 0.444 e. The van der Waals surface area contributed by atoms with Crippen LogP contribution in [0.3, 0.4) is 0 Å². The summed E-state index contributed by atoms with van der Waals surface area (Å²) < 4.78 is 43.5. The van der Waals surface area contributed by atoms with Crippen LogP contribution in [0.1, 0.15) is 49.5 Å². The summed E-state index contributed by atoms with van der Waals surface area (Å²) in [6, 6.07) is 4.10. The monoisotopic (exact) mass is 415 g/mol. The van der Waals surface area contributed by atoms with E-state index >= 15 is 0 Å². The highest BCUT2D eigenvalue weighted by Gasteiger charge is 2.33. The minimum atomic E-state index is -4.44. The lowest BCUT2D eigenvalue weighted by Gasteiger charge is -2.39. The number of carbonyl (C=O) groups excluding carboxylic acids is 2. The van der Waals surface area contributed by atoms with Crippen molar-refractivity contribution in [2.75, 3.05) is 26.2 Å². The highest BCUT2D eigenvalue weighted by atomic mass is 19.4. The molecule has 0 spiro atoms. The van der Waals surface area contributed by atoms with Crippen molar-refractivity contribution in [1.29, 1.82) is 0 Å². The second kappa shape index (κ2) is 9.02. The van der Waals surface area contributed by atoms with Gasteiger partial charge in [-0.15, -0.1) is 0 Å². The maximum Gasteiger partial charge on any atom is 0.416 e. The van der Waals surface area contributed by atoms with Crippen molar-refractivity contribution in [3.63, 3.8) is 0 Å². The van der Waals surface area contributed by atoms with Crippen molar-refractivity contribution in [3.8, 4) is 0 Å². The van der Waals surface area contributed by atoms with Crippen LogP contribution < -0.4 is 5.73 Å². The van der Waals surface area contributed by atoms with Gasteiger partial charge in [0, 0.05) is 37.8 Å². The Morgan fingerprint density at radius 3 is 2.14 bits per heavy atom. The summed E-state index contributed by atoms with van der Waals surface area (Å²) in [6.45, 7) is 6.81. The molecule has 162 valence electrons. The van der Waals surface area contributed by atoms with Gasteiger partial charge in [0.1, 0.15) is 5.60 Å². The Morgan fingerprint density at radius 2 is 1.69 bits per heavy atom. The molecule has 0 radical (unpaired) electrons. The molecule has 9 heteroatoms. The quantitative estimate of drug-likeness (QED) is 0.817. The third kappa shape index (κ3) is 6.35. The molecule has 29 heavy (non-hydrogen) atoms. The van der Waals surface area contributed by atoms with Crippen molar-refractivity contribution in [2.45, 2.75) is 51.4 Å². The first-order valence-corrected chi connectivity index (χ1v) is 9.58. The summed E-state index contributed by atoms with van der Waals surface area (Å²) in [5.41, 5.74) is 4.44. The van der Waals surface area contributed by atoms with Gasteiger partial charge in [0.2, 0.25) is 0 Å². The topological polar surface area (TPSA) is 75.9 Å². The Balaban J connectivity index is 1.99. The molecule has 0 aliphatic carbocycles. The lowest BCUT2D eigenvalue weighted by Crippen LogP contribution is -2.51. The molecule has 1 aromatic carbocycles. The molecule has 1 aromatic rings. The van der Waals surface area contributed by atoms with Crippen molar-refractivity contribution in [2.24, 2.45) is 5.73 Å². The van der Waals surface area contributed by atoms with Crippen molar-refractivity contribution >= 4 is 12.0 Å². The number of nitrogens with zero attached hydrogens (tertiary/aromatic N) is 2. The van der Waals surface area contributed by atoms with E-state index in [1.807, 2.05) is 0 Å². The fourth-order valence-corrected chi connectivity index (χ4v) is 3.25. The molecular weight excluding hydrogens is 387 g/mol. The number of hydrogen-bond donors (Lipinski definition) is 1. The fraction of sp³-hybridized carbons (Fsp3) is 0.600. The molecule has 1 aliphatic rings. The number of ether oxygens (including phenoxy) is 1. The number of hydrogen-bond acceptors (Lipinski definition) is 4. The normalized spacial score (nSPS) is 15.9. The molecule has 1 fully saturated rings. The van der Waals surface area contributed by atoms with Crippen molar-refractivity contribution in [3.05, 3.63) is 35.4 Å². The second-order valence-corrected chi connectivity index (χ2v) is 8.06.